The van der Waals surface area contributed by atoms with Gasteiger partial charge in [-0.1, -0.05) is 6.07 Å². The maximum absolute atomic E-state index is 11.8. The lowest BCUT2D eigenvalue weighted by atomic mass is 10.1. The van der Waals surface area contributed by atoms with Crippen LogP contribution in [0.5, 0.6) is 0 Å². The average Bonchev–Trinajstić information content (AvgIpc) is 2.97. The number of hydrogen-bond donors (Lipinski definition) is 2. The van der Waals surface area contributed by atoms with Crippen molar-refractivity contribution < 1.29 is 9.90 Å². The largest absolute Gasteiger partial charge is 0.394 e. The SMILES string of the molecule is CC(C)(CO)NC(=O)Cc1csc(-c2cccs2)n1. The van der Waals surface area contributed by atoms with Crippen LogP contribution in [0.1, 0.15) is 19.5 Å². The van der Waals surface area contributed by atoms with E-state index < -0.39 is 5.54 Å². The highest BCUT2D eigenvalue weighted by Crippen LogP contribution is 2.27. The van der Waals surface area contributed by atoms with Crippen LogP contribution in [-0.4, -0.2) is 28.1 Å². The number of hydrogen-bond acceptors (Lipinski definition) is 5. The molecule has 2 rings (SSSR count). The van der Waals surface area contributed by atoms with E-state index in [9.17, 15) is 4.79 Å². The van der Waals surface area contributed by atoms with Gasteiger partial charge in [-0.05, 0) is 25.3 Å². The van der Waals surface area contributed by atoms with Crippen molar-refractivity contribution in [2.75, 3.05) is 6.61 Å². The van der Waals surface area contributed by atoms with Gasteiger partial charge in [0, 0.05) is 5.38 Å². The number of aliphatic hydroxyl groups is 1. The third-order valence-corrected chi connectivity index (χ3v) is 4.43. The standard InChI is InChI=1S/C13H16N2O2S2/c1-13(2,8-16)15-11(17)6-9-7-19-12(14-9)10-4-3-5-18-10/h3-5,7,16H,6,8H2,1-2H3,(H,15,17). The summed E-state index contributed by atoms with van der Waals surface area (Å²) in [4.78, 5) is 17.4. The molecule has 0 aliphatic rings. The van der Waals surface area contributed by atoms with Crippen LogP contribution in [0.25, 0.3) is 9.88 Å². The van der Waals surface area contributed by atoms with Gasteiger partial charge in [0.05, 0.1) is 29.1 Å². The van der Waals surface area contributed by atoms with Crippen LogP contribution in [0.4, 0.5) is 0 Å². The first-order chi connectivity index (χ1) is 9.00. The summed E-state index contributed by atoms with van der Waals surface area (Å²) in [6.45, 7) is 3.47. The Labute approximate surface area is 120 Å². The molecule has 0 atom stereocenters. The Bertz CT molecular complexity index is 547. The molecule has 0 bridgehead atoms. The van der Waals surface area contributed by atoms with Gasteiger partial charge in [0.2, 0.25) is 5.91 Å². The molecule has 102 valence electrons. The normalized spacial score (nSPS) is 11.5. The molecule has 2 aromatic rings. The topological polar surface area (TPSA) is 62.2 Å². The fraction of sp³-hybridized carbons (Fsp3) is 0.385. The van der Waals surface area contributed by atoms with Gasteiger partial charge in [-0.15, -0.1) is 22.7 Å². The van der Waals surface area contributed by atoms with Gasteiger partial charge >= 0.3 is 0 Å². The molecule has 0 radical (unpaired) electrons. The van der Waals surface area contributed by atoms with E-state index in [1.807, 2.05) is 22.9 Å². The number of thiophene rings is 1. The van der Waals surface area contributed by atoms with Gasteiger partial charge in [-0.2, -0.15) is 0 Å². The first-order valence-electron chi connectivity index (χ1n) is 5.90. The number of rotatable bonds is 5. The quantitative estimate of drug-likeness (QED) is 0.890. The second-order valence-corrected chi connectivity index (χ2v) is 6.69. The van der Waals surface area contributed by atoms with Crippen LogP contribution in [0.3, 0.4) is 0 Å². The summed E-state index contributed by atoms with van der Waals surface area (Å²) < 4.78 is 0. The van der Waals surface area contributed by atoms with Crippen molar-refractivity contribution >= 4 is 28.6 Å². The van der Waals surface area contributed by atoms with Crippen LogP contribution in [0.2, 0.25) is 0 Å². The number of nitrogens with zero attached hydrogens (tertiary/aromatic N) is 1. The Morgan fingerprint density at radius 2 is 2.26 bits per heavy atom. The van der Waals surface area contributed by atoms with E-state index in [0.29, 0.717) is 0 Å². The van der Waals surface area contributed by atoms with E-state index in [0.717, 1.165) is 15.6 Å². The van der Waals surface area contributed by atoms with Crippen LogP contribution in [0.15, 0.2) is 22.9 Å². The molecule has 2 N–H and O–H groups in total. The Morgan fingerprint density at radius 1 is 1.47 bits per heavy atom. The van der Waals surface area contributed by atoms with Crippen molar-refractivity contribution in [2.24, 2.45) is 0 Å². The lowest BCUT2D eigenvalue weighted by Gasteiger charge is -2.23. The fourth-order valence-corrected chi connectivity index (χ4v) is 3.16. The summed E-state index contributed by atoms with van der Waals surface area (Å²) in [7, 11) is 0. The third-order valence-electron chi connectivity index (χ3n) is 2.50. The van der Waals surface area contributed by atoms with Gasteiger partial charge in [0.15, 0.2) is 0 Å². The molecule has 19 heavy (non-hydrogen) atoms. The smallest absolute Gasteiger partial charge is 0.226 e. The third kappa shape index (κ3) is 3.86. The highest BCUT2D eigenvalue weighted by molar-refractivity contribution is 7.20. The summed E-state index contributed by atoms with van der Waals surface area (Å²) in [6, 6.07) is 4.00. The highest BCUT2D eigenvalue weighted by atomic mass is 32.1. The van der Waals surface area contributed by atoms with Crippen molar-refractivity contribution in [3.8, 4) is 9.88 Å². The number of aromatic nitrogens is 1. The monoisotopic (exact) mass is 296 g/mol. The van der Waals surface area contributed by atoms with Crippen molar-refractivity contribution in [2.45, 2.75) is 25.8 Å². The summed E-state index contributed by atoms with van der Waals surface area (Å²) in [5.41, 5.74) is 0.170. The fourth-order valence-electron chi connectivity index (χ4n) is 1.53. The van der Waals surface area contributed by atoms with Gasteiger partial charge in [-0.25, -0.2) is 4.98 Å². The van der Waals surface area contributed by atoms with Crippen molar-refractivity contribution in [1.29, 1.82) is 0 Å². The molecule has 0 fully saturated rings. The maximum Gasteiger partial charge on any atom is 0.226 e. The second kappa shape index (κ2) is 5.81. The van der Waals surface area contributed by atoms with Crippen LogP contribution < -0.4 is 5.32 Å². The number of aliphatic hydroxyl groups excluding tert-OH is 1. The molecule has 0 saturated heterocycles. The zero-order valence-electron chi connectivity index (χ0n) is 10.8. The van der Waals surface area contributed by atoms with Gasteiger partial charge in [-0.3, -0.25) is 4.79 Å². The maximum atomic E-state index is 11.8. The molecule has 2 aromatic heterocycles. The summed E-state index contributed by atoms with van der Waals surface area (Å²) in [5.74, 6) is -0.123. The van der Waals surface area contributed by atoms with E-state index in [1.165, 1.54) is 0 Å². The number of carbonyl (C=O) groups is 1. The minimum absolute atomic E-state index is 0.0871. The van der Waals surface area contributed by atoms with Gasteiger partial charge < -0.3 is 10.4 Å². The molecule has 4 nitrogen and oxygen atoms in total. The first kappa shape index (κ1) is 14.2. The predicted molar refractivity (Wildman–Crippen MR) is 78.4 cm³/mol. The van der Waals surface area contributed by atoms with E-state index >= 15 is 0 Å². The molecule has 6 heteroatoms. The Balaban J connectivity index is 1.99. The molecule has 0 spiro atoms. The van der Waals surface area contributed by atoms with Crippen LogP contribution >= 0.6 is 22.7 Å². The summed E-state index contributed by atoms with van der Waals surface area (Å²) in [6.07, 6.45) is 0.241. The molecule has 0 unspecified atom stereocenters. The van der Waals surface area contributed by atoms with Gasteiger partial charge in [0.25, 0.3) is 0 Å². The van der Waals surface area contributed by atoms with Crippen molar-refractivity contribution in [1.82, 2.24) is 10.3 Å². The van der Waals surface area contributed by atoms with Crippen molar-refractivity contribution in [3.05, 3.63) is 28.6 Å². The van der Waals surface area contributed by atoms with Crippen LogP contribution in [0, 0.1) is 0 Å². The minimum atomic E-state index is -0.594. The Kier molecular flexibility index (Phi) is 4.34. The lowest BCUT2D eigenvalue weighted by Crippen LogP contribution is -2.46. The van der Waals surface area contributed by atoms with E-state index in [2.05, 4.69) is 10.3 Å². The molecular formula is C13H16N2O2S2. The highest BCUT2D eigenvalue weighted by Gasteiger charge is 2.19. The first-order valence-corrected chi connectivity index (χ1v) is 7.66. The summed E-state index contributed by atoms with van der Waals surface area (Å²) in [5, 5.41) is 16.7. The molecule has 2 heterocycles. The zero-order valence-corrected chi connectivity index (χ0v) is 12.5. The second-order valence-electron chi connectivity index (χ2n) is 4.89. The van der Waals surface area contributed by atoms with E-state index in [1.54, 1.807) is 36.5 Å². The van der Waals surface area contributed by atoms with E-state index in [4.69, 9.17) is 5.11 Å². The molecule has 0 aliphatic carbocycles. The van der Waals surface area contributed by atoms with Gasteiger partial charge in [0.1, 0.15) is 5.01 Å². The Morgan fingerprint density at radius 3 is 2.89 bits per heavy atom. The minimum Gasteiger partial charge on any atom is -0.394 e. The molecule has 0 aliphatic heterocycles. The molecule has 1 amide bonds. The number of thiazole rings is 1. The average molecular weight is 296 g/mol. The molecule has 0 saturated carbocycles. The predicted octanol–water partition coefficient (Wildman–Crippen LogP) is 2.30. The number of nitrogens with one attached hydrogen (secondary N) is 1. The lowest BCUT2D eigenvalue weighted by molar-refractivity contribution is -0.122. The Hall–Kier alpha value is -1.24. The zero-order chi connectivity index (χ0) is 13.9. The molecule has 0 aromatic carbocycles. The van der Waals surface area contributed by atoms with Crippen molar-refractivity contribution in [3.63, 3.8) is 0 Å². The number of carbonyl (C=O) groups excluding carboxylic acids is 1. The molecular weight excluding hydrogens is 280 g/mol. The number of amides is 1. The summed E-state index contributed by atoms with van der Waals surface area (Å²) >= 11 is 3.18. The van der Waals surface area contributed by atoms with E-state index in [-0.39, 0.29) is 18.9 Å². The van der Waals surface area contributed by atoms with Crippen LogP contribution in [-0.2, 0) is 11.2 Å².